The van der Waals surface area contributed by atoms with Crippen LogP contribution in [0.1, 0.15) is 40.5 Å². The Balaban J connectivity index is 4.13. The average molecular weight is 249 g/mol. The Kier molecular flexibility index (Phi) is 7.24. The highest BCUT2D eigenvalue weighted by Crippen LogP contribution is 2.18. The van der Waals surface area contributed by atoms with Crippen LogP contribution >= 0.6 is 0 Å². The smallest absolute Gasteiger partial charge is 0.147 e. The zero-order valence-corrected chi connectivity index (χ0v) is 12.1. The van der Waals surface area contributed by atoms with Gasteiger partial charge in [-0.2, -0.15) is 0 Å². The highest BCUT2D eigenvalue weighted by molar-refractivity contribution is 7.90. The van der Waals surface area contributed by atoms with Crippen LogP contribution in [-0.4, -0.2) is 33.0 Å². The average Bonchev–Trinajstić information content (AvgIpc) is 2.13. The summed E-state index contributed by atoms with van der Waals surface area (Å²) in [5, 5.41) is 3.46. The van der Waals surface area contributed by atoms with Gasteiger partial charge in [-0.3, -0.25) is 0 Å². The van der Waals surface area contributed by atoms with Gasteiger partial charge in [-0.05, 0) is 31.2 Å². The lowest BCUT2D eigenvalue weighted by Crippen LogP contribution is -2.37. The van der Waals surface area contributed by atoms with E-state index in [4.69, 9.17) is 0 Å². The van der Waals surface area contributed by atoms with Crippen molar-refractivity contribution < 1.29 is 8.42 Å². The van der Waals surface area contributed by atoms with Gasteiger partial charge in [-0.1, -0.05) is 27.7 Å². The van der Waals surface area contributed by atoms with Crippen LogP contribution in [0.25, 0.3) is 0 Å². The molecule has 3 nitrogen and oxygen atoms in total. The van der Waals surface area contributed by atoms with E-state index in [2.05, 4.69) is 33.0 Å². The molecule has 0 aliphatic rings. The van der Waals surface area contributed by atoms with Crippen molar-refractivity contribution in [2.45, 2.75) is 46.6 Å². The Bertz CT molecular complexity index is 273. The first-order valence-corrected chi connectivity index (χ1v) is 8.25. The van der Waals surface area contributed by atoms with E-state index in [1.54, 1.807) is 0 Å². The molecule has 16 heavy (non-hydrogen) atoms. The highest BCUT2D eigenvalue weighted by atomic mass is 32.2. The SMILES string of the molecule is CCNC(CCCS(C)(=O)=O)C(C)C(C)C. The van der Waals surface area contributed by atoms with Crippen LogP contribution in [0, 0.1) is 11.8 Å². The zero-order valence-electron chi connectivity index (χ0n) is 11.3. The summed E-state index contributed by atoms with van der Waals surface area (Å²) in [5.74, 6) is 1.52. The van der Waals surface area contributed by atoms with Gasteiger partial charge in [0, 0.05) is 18.1 Å². The van der Waals surface area contributed by atoms with Gasteiger partial charge in [0.1, 0.15) is 9.84 Å². The lowest BCUT2D eigenvalue weighted by atomic mass is 9.88. The molecule has 4 heteroatoms. The van der Waals surface area contributed by atoms with Gasteiger partial charge in [0.15, 0.2) is 0 Å². The standard InChI is InChI=1S/C12H27NO2S/c1-6-13-12(11(4)10(2)3)8-7-9-16(5,14)15/h10-13H,6-9H2,1-5H3. The summed E-state index contributed by atoms with van der Waals surface area (Å²) >= 11 is 0. The second-order valence-electron chi connectivity index (χ2n) is 5.04. The molecule has 2 unspecified atom stereocenters. The molecule has 0 aliphatic heterocycles. The van der Waals surface area contributed by atoms with Crippen LogP contribution in [0.2, 0.25) is 0 Å². The van der Waals surface area contributed by atoms with Crippen LogP contribution in [0.3, 0.4) is 0 Å². The number of hydrogen-bond donors (Lipinski definition) is 1. The van der Waals surface area contributed by atoms with E-state index in [9.17, 15) is 8.42 Å². The summed E-state index contributed by atoms with van der Waals surface area (Å²) in [7, 11) is -2.81. The molecular formula is C12H27NO2S. The van der Waals surface area contributed by atoms with Gasteiger partial charge in [-0.25, -0.2) is 8.42 Å². The Labute approximate surface area is 101 Å². The molecule has 0 aliphatic carbocycles. The molecule has 0 aromatic carbocycles. The summed E-state index contributed by atoms with van der Waals surface area (Å²) in [6.07, 6.45) is 3.01. The molecule has 1 N–H and O–H groups in total. The second kappa shape index (κ2) is 7.28. The molecule has 0 aromatic rings. The van der Waals surface area contributed by atoms with Crippen molar-refractivity contribution in [2.75, 3.05) is 18.6 Å². The lowest BCUT2D eigenvalue weighted by molar-refractivity contribution is 0.287. The molecule has 2 atom stereocenters. The van der Waals surface area contributed by atoms with E-state index in [0.29, 0.717) is 23.6 Å². The van der Waals surface area contributed by atoms with Crippen LogP contribution in [0.15, 0.2) is 0 Å². The lowest BCUT2D eigenvalue weighted by Gasteiger charge is -2.27. The van der Waals surface area contributed by atoms with E-state index in [1.807, 2.05) is 0 Å². The third kappa shape index (κ3) is 7.23. The number of rotatable bonds is 8. The Morgan fingerprint density at radius 3 is 2.12 bits per heavy atom. The summed E-state index contributed by atoms with van der Waals surface area (Å²) in [5.41, 5.74) is 0. The van der Waals surface area contributed by atoms with Crippen LogP contribution in [-0.2, 0) is 9.84 Å². The Hall–Kier alpha value is -0.0900. The minimum atomic E-state index is -2.81. The number of sulfone groups is 1. The van der Waals surface area contributed by atoms with Gasteiger partial charge in [0.25, 0.3) is 0 Å². The normalized spacial score (nSPS) is 16.4. The third-order valence-electron chi connectivity index (χ3n) is 3.18. The predicted octanol–water partition coefficient (Wildman–Crippen LogP) is 2.08. The Morgan fingerprint density at radius 1 is 1.19 bits per heavy atom. The summed E-state index contributed by atoms with van der Waals surface area (Å²) in [4.78, 5) is 0. The molecule has 0 bridgehead atoms. The van der Waals surface area contributed by atoms with Gasteiger partial charge in [-0.15, -0.1) is 0 Å². The van der Waals surface area contributed by atoms with Gasteiger partial charge in [0.05, 0.1) is 0 Å². The molecule has 98 valence electrons. The van der Waals surface area contributed by atoms with Crippen LogP contribution in [0.5, 0.6) is 0 Å². The number of nitrogens with one attached hydrogen (secondary N) is 1. The fraction of sp³-hybridized carbons (Fsp3) is 1.00. The molecule has 0 aromatic heterocycles. The molecule has 0 heterocycles. The van der Waals surface area contributed by atoms with Crippen molar-refractivity contribution in [3.05, 3.63) is 0 Å². The van der Waals surface area contributed by atoms with Gasteiger partial charge < -0.3 is 5.32 Å². The monoisotopic (exact) mass is 249 g/mol. The first kappa shape index (κ1) is 15.9. The van der Waals surface area contributed by atoms with Crippen molar-refractivity contribution in [2.24, 2.45) is 11.8 Å². The van der Waals surface area contributed by atoms with Crippen molar-refractivity contribution >= 4 is 9.84 Å². The van der Waals surface area contributed by atoms with Crippen molar-refractivity contribution in [1.29, 1.82) is 0 Å². The Morgan fingerprint density at radius 2 is 1.75 bits per heavy atom. The van der Waals surface area contributed by atoms with Crippen LogP contribution < -0.4 is 5.32 Å². The van der Waals surface area contributed by atoms with E-state index in [0.717, 1.165) is 19.4 Å². The highest BCUT2D eigenvalue weighted by Gasteiger charge is 2.19. The second-order valence-corrected chi connectivity index (χ2v) is 7.30. The summed E-state index contributed by atoms with van der Waals surface area (Å²) in [6.45, 7) is 9.70. The minimum Gasteiger partial charge on any atom is -0.314 e. The molecular weight excluding hydrogens is 222 g/mol. The molecule has 0 spiro atoms. The summed E-state index contributed by atoms with van der Waals surface area (Å²) < 4.78 is 22.1. The van der Waals surface area contributed by atoms with Crippen molar-refractivity contribution in [3.63, 3.8) is 0 Å². The molecule has 0 rings (SSSR count). The molecule has 0 saturated heterocycles. The maximum absolute atomic E-state index is 11.1. The molecule has 0 radical (unpaired) electrons. The van der Waals surface area contributed by atoms with Crippen LogP contribution in [0.4, 0.5) is 0 Å². The maximum atomic E-state index is 11.1. The van der Waals surface area contributed by atoms with E-state index >= 15 is 0 Å². The predicted molar refractivity (Wildman–Crippen MR) is 70.4 cm³/mol. The van der Waals surface area contributed by atoms with E-state index in [1.165, 1.54) is 6.26 Å². The van der Waals surface area contributed by atoms with Crippen molar-refractivity contribution in [1.82, 2.24) is 5.32 Å². The van der Waals surface area contributed by atoms with Crippen molar-refractivity contribution in [3.8, 4) is 0 Å². The first-order valence-electron chi connectivity index (χ1n) is 6.19. The topological polar surface area (TPSA) is 46.2 Å². The zero-order chi connectivity index (χ0) is 12.8. The van der Waals surface area contributed by atoms with E-state index < -0.39 is 9.84 Å². The van der Waals surface area contributed by atoms with Gasteiger partial charge in [0.2, 0.25) is 0 Å². The maximum Gasteiger partial charge on any atom is 0.147 e. The quantitative estimate of drug-likeness (QED) is 0.716. The fourth-order valence-corrected chi connectivity index (χ4v) is 2.53. The molecule has 0 amide bonds. The fourth-order valence-electron chi connectivity index (χ4n) is 1.84. The number of hydrogen-bond acceptors (Lipinski definition) is 3. The van der Waals surface area contributed by atoms with Gasteiger partial charge >= 0.3 is 0 Å². The van der Waals surface area contributed by atoms with E-state index in [-0.39, 0.29) is 0 Å². The summed E-state index contributed by atoms with van der Waals surface area (Å²) in [6, 6.07) is 0.437. The molecule has 0 saturated carbocycles. The first-order chi connectivity index (χ1) is 7.28. The third-order valence-corrected chi connectivity index (χ3v) is 4.21. The molecule has 0 fully saturated rings. The largest absolute Gasteiger partial charge is 0.314 e. The minimum absolute atomic E-state index is 0.305.